The summed E-state index contributed by atoms with van der Waals surface area (Å²) in [6.07, 6.45) is -24.9. The first-order valence-corrected chi connectivity index (χ1v) is 40.9. The minimum Gasteiger partial charge on any atom is -0.463 e. The second-order valence-electron chi connectivity index (χ2n) is 30.1. The Kier molecular flexibility index (Phi) is 35.6. The Bertz CT molecular complexity index is 4310. The Morgan fingerprint density at radius 1 is 0.250 bits per heavy atom. The molecule has 0 radical (unpaired) electrons. The van der Waals surface area contributed by atoms with Crippen molar-refractivity contribution in [3.05, 3.63) is 214 Å². The summed E-state index contributed by atoms with van der Waals surface area (Å²) in [6, 6.07) is 38.4. The van der Waals surface area contributed by atoms with Gasteiger partial charge in [-0.2, -0.15) is 0 Å². The predicted molar refractivity (Wildman–Crippen MR) is 440 cm³/mol. The predicted octanol–water partition coefficient (Wildman–Crippen LogP) is 7.69. The molecule has 0 aliphatic carbocycles. The van der Waals surface area contributed by atoms with E-state index in [1.807, 2.05) is 0 Å². The van der Waals surface area contributed by atoms with Gasteiger partial charge in [0.1, 0.15) is 75.0 Å². The van der Waals surface area contributed by atoms with Crippen LogP contribution < -0.4 is 0 Å². The van der Waals surface area contributed by atoms with Crippen LogP contribution in [0.3, 0.4) is 0 Å². The Morgan fingerprint density at radius 2 is 0.438 bits per heavy atom. The number of hydrogen-bond donors (Lipinski definition) is 0. The number of carbonyl (C=O) groups excluding carboxylic acids is 14. The van der Waals surface area contributed by atoms with Crippen LogP contribution in [0.25, 0.3) is 12.2 Å². The van der Waals surface area contributed by atoms with Gasteiger partial charge in [-0.15, -0.1) is 0 Å². The van der Waals surface area contributed by atoms with Crippen molar-refractivity contribution in [1.82, 2.24) is 9.80 Å². The fraction of sp³-hybridized carbons (Fsp3) is 0.435. The SMILES string of the molecule is CC(=O)OC[C@H]1O[C@H](OCc2ccccc2)[C@@H](N(C(=O)c2ccc(/C=C/c3ccc(C(=O)N([C@@H]4[C@@H](OCc5ccccc5)O[C@H](COC(C)=O)[C@@H](OC(C)=O)[C@@H]4OC(C)=O)[C@@H]4[C@@H](OCc5ccccc5)O[C@H](COC(C)=O)[C@@H](OC(C)=O)[C@@H]4OC(C)=O)cc3)cc2)[C@@H]2[C@@H](OCc3ccccc3)O[C@H](COC(C)=O)[C@@H](OC(C)=O)[C@@H]2OC(C)=O)[C@@H](OC(C)=O)[C@@H]1OC(C)=O. The van der Waals surface area contributed by atoms with Crippen LogP contribution in [-0.4, -0.2) is 242 Å². The van der Waals surface area contributed by atoms with E-state index in [9.17, 15) is 57.5 Å². The zero-order chi connectivity index (χ0) is 92.4. The number of amides is 2. The molecule has 684 valence electrons. The van der Waals surface area contributed by atoms with Crippen LogP contribution in [0.2, 0.25) is 0 Å². The van der Waals surface area contributed by atoms with E-state index in [0.717, 1.165) is 92.9 Å². The Morgan fingerprint density at radius 3 is 0.617 bits per heavy atom. The van der Waals surface area contributed by atoms with Gasteiger partial charge >= 0.3 is 71.6 Å². The lowest BCUT2D eigenvalue weighted by Crippen LogP contribution is -2.74. The molecule has 6 aromatic carbocycles. The molecule has 0 N–H and O–H groups in total. The number of nitrogens with zero attached hydrogens (tertiary/aromatic N) is 2. The minimum atomic E-state index is -1.90. The molecule has 4 fully saturated rings. The summed E-state index contributed by atoms with van der Waals surface area (Å²) in [5.74, 6) is -13.2. The van der Waals surface area contributed by atoms with Crippen LogP contribution in [0.4, 0.5) is 0 Å². The molecule has 0 bridgehead atoms. The number of benzene rings is 6. The number of ether oxygens (including phenoxy) is 20. The molecule has 36 heteroatoms. The van der Waals surface area contributed by atoms with Crippen molar-refractivity contribution in [3.63, 3.8) is 0 Å². The number of rotatable bonds is 36. The highest BCUT2D eigenvalue weighted by Gasteiger charge is 2.64. The van der Waals surface area contributed by atoms with E-state index in [-0.39, 0.29) is 37.6 Å². The van der Waals surface area contributed by atoms with Crippen LogP contribution in [0.1, 0.15) is 137 Å². The third kappa shape index (κ3) is 27.4. The summed E-state index contributed by atoms with van der Waals surface area (Å²) in [5.41, 5.74) is 2.58. The zero-order valence-electron chi connectivity index (χ0n) is 72.3. The van der Waals surface area contributed by atoms with E-state index in [4.69, 9.17) is 94.7 Å². The van der Waals surface area contributed by atoms with Gasteiger partial charge in [0.05, 0.1) is 26.4 Å². The number of esters is 12. The standard InChI is InChI=1S/C92H102N2O34/c1-51(95)109-47-71-79(117-55(5)99)83(121-59(9)103)75(89(125-71)113-43-65-25-17-13-18-26-65)93(76-84(122-60(10)104)80(118-56(6)100)72(48-110-52(2)96)126-90(76)114-44-66-27-19-14-20-28-66)87(107)69-39-35-63(36-40-69)33-34-64-37-41-70(42-38-64)88(108)94(77-85(123-61(11)105)81(119-57(7)101)73(49-111-53(3)97)127-91(77)115-45-67-29-21-15-22-30-67)78-86(124-62(12)106)82(120-58(8)102)74(50-112-54(4)98)128-92(78)116-46-68-31-23-16-24-32-68/h13-42,71-86,89-92H,43-50H2,1-12H3/b34-33+/t71-,72-,73-,74-,75+,76+,77+,78+,79-,80-,81-,82-,83-,84-,85-,86-,89+,90+,91+,92+/m1/s1. The Balaban J connectivity index is 1.13. The number of hydrogen-bond acceptors (Lipinski definition) is 34. The molecule has 4 aliphatic rings. The molecular formula is C92H102N2O34. The van der Waals surface area contributed by atoms with Crippen molar-refractivity contribution in [2.24, 2.45) is 0 Å². The summed E-state index contributed by atoms with van der Waals surface area (Å²) in [5, 5.41) is 0. The van der Waals surface area contributed by atoms with Gasteiger partial charge in [0.2, 0.25) is 0 Å². The average molecular weight is 1780 g/mol. The van der Waals surface area contributed by atoms with Gasteiger partial charge in [-0.1, -0.05) is 158 Å². The van der Waals surface area contributed by atoms with E-state index >= 15 is 9.59 Å². The summed E-state index contributed by atoms with van der Waals surface area (Å²) < 4.78 is 124. The zero-order valence-corrected chi connectivity index (χ0v) is 72.3. The van der Waals surface area contributed by atoms with Gasteiger partial charge in [0.15, 0.2) is 74.0 Å². The highest BCUT2D eigenvalue weighted by atomic mass is 16.7. The summed E-state index contributed by atoms with van der Waals surface area (Å²) in [6.45, 7) is 8.87. The monoisotopic (exact) mass is 1780 g/mol. The summed E-state index contributed by atoms with van der Waals surface area (Å²) in [4.78, 5) is 196. The Labute approximate surface area is 736 Å². The molecular weight excluding hydrogens is 1680 g/mol. The first-order valence-electron chi connectivity index (χ1n) is 40.9. The van der Waals surface area contributed by atoms with Crippen molar-refractivity contribution in [2.45, 2.75) is 232 Å². The highest BCUT2D eigenvalue weighted by molar-refractivity contribution is 5.96. The summed E-state index contributed by atoms with van der Waals surface area (Å²) in [7, 11) is 0. The van der Waals surface area contributed by atoms with Crippen LogP contribution in [0.5, 0.6) is 0 Å². The molecule has 0 saturated carbocycles. The van der Waals surface area contributed by atoms with Gasteiger partial charge in [-0.05, 0) is 57.6 Å². The molecule has 6 aromatic rings. The smallest absolute Gasteiger partial charge is 0.303 e. The molecule has 128 heavy (non-hydrogen) atoms. The van der Waals surface area contributed by atoms with Crippen molar-refractivity contribution in [1.29, 1.82) is 0 Å². The molecule has 20 atom stereocenters. The minimum absolute atomic E-state index is 0.185. The molecule has 4 aliphatic heterocycles. The third-order valence-electron chi connectivity index (χ3n) is 20.2. The Hall–Kier alpha value is -12.7. The van der Waals surface area contributed by atoms with Crippen LogP contribution in [-0.2, 0) is 179 Å². The van der Waals surface area contributed by atoms with Crippen molar-refractivity contribution in [3.8, 4) is 0 Å². The molecule has 36 nitrogen and oxygen atoms in total. The topological polar surface area (TPSA) is 430 Å². The first kappa shape index (κ1) is 97.5. The molecule has 0 unspecified atom stereocenters. The van der Waals surface area contributed by atoms with Gasteiger partial charge in [-0.25, -0.2) is 0 Å². The maximum Gasteiger partial charge on any atom is 0.303 e. The van der Waals surface area contributed by atoms with Crippen LogP contribution in [0, 0.1) is 0 Å². The number of carbonyl (C=O) groups is 14. The van der Waals surface area contributed by atoms with Gasteiger partial charge in [0.25, 0.3) is 11.8 Å². The van der Waals surface area contributed by atoms with Gasteiger partial charge in [0, 0.05) is 94.2 Å². The van der Waals surface area contributed by atoms with E-state index in [0.29, 0.717) is 33.4 Å². The normalized spacial score (nSPS) is 25.4. The molecule has 0 aromatic heterocycles. The maximum absolute atomic E-state index is 16.8. The van der Waals surface area contributed by atoms with Crippen molar-refractivity contribution < 1.29 is 162 Å². The lowest BCUT2D eigenvalue weighted by Gasteiger charge is -2.54. The maximum atomic E-state index is 16.8. The quantitative estimate of drug-likeness (QED) is 0.0206. The first-order chi connectivity index (χ1) is 61.2. The van der Waals surface area contributed by atoms with Crippen LogP contribution >= 0.6 is 0 Å². The van der Waals surface area contributed by atoms with Crippen molar-refractivity contribution >= 4 is 95.6 Å². The molecule has 0 spiro atoms. The van der Waals surface area contributed by atoms with Crippen molar-refractivity contribution in [2.75, 3.05) is 26.4 Å². The summed E-state index contributed by atoms with van der Waals surface area (Å²) >= 11 is 0. The highest BCUT2D eigenvalue weighted by Crippen LogP contribution is 2.43. The van der Waals surface area contributed by atoms with E-state index < -0.39 is 232 Å². The fourth-order valence-corrected chi connectivity index (χ4v) is 15.2. The molecule has 10 rings (SSSR count). The average Bonchev–Trinajstić information content (AvgIpc) is 0.739. The second kappa shape index (κ2) is 46.7. The molecule has 4 saturated heterocycles. The van der Waals surface area contributed by atoms with Gasteiger partial charge < -0.3 is 105 Å². The molecule has 2 amide bonds. The van der Waals surface area contributed by atoms with Crippen LogP contribution in [0.15, 0.2) is 170 Å². The lowest BCUT2D eigenvalue weighted by molar-refractivity contribution is -0.322. The van der Waals surface area contributed by atoms with E-state index in [1.54, 1.807) is 133 Å². The van der Waals surface area contributed by atoms with E-state index in [2.05, 4.69) is 0 Å². The van der Waals surface area contributed by atoms with E-state index in [1.165, 1.54) is 48.5 Å². The fourth-order valence-electron chi connectivity index (χ4n) is 15.2. The lowest BCUT2D eigenvalue weighted by atomic mass is 9.88. The van der Waals surface area contributed by atoms with Gasteiger partial charge in [-0.3, -0.25) is 67.1 Å². The largest absolute Gasteiger partial charge is 0.463 e. The second-order valence-corrected chi connectivity index (χ2v) is 30.1. The molecule has 4 heterocycles. The third-order valence-corrected chi connectivity index (χ3v) is 20.2.